The molecule has 3 rings (SSSR count). The number of halogens is 1. The molecule has 2 aromatic carbocycles. The monoisotopic (exact) mass is 370 g/mol. The first-order chi connectivity index (χ1) is 11.9. The molecule has 140 valence electrons. The van der Waals surface area contributed by atoms with Crippen LogP contribution in [-0.4, -0.2) is 26.7 Å². The number of fused-ring (bicyclic) bond motifs is 1. The minimum absolute atomic E-state index is 0. The smallest absolute Gasteiger partial charge is 0.135 e. The Morgan fingerprint density at radius 1 is 1.08 bits per heavy atom. The van der Waals surface area contributed by atoms with Crippen LogP contribution >= 0.6 is 0 Å². The standard InChI is InChI=1S/C23H30N2.ClH/c1-6-17-24(4)19-14-11-18(12-15-19)13-16-22-23(2,3)20-9-7-8-10-21(20)25(22)5;/h7-16,22H,6,17H2,1-5H3;1H/b16-13+;. The fourth-order valence-electron chi connectivity index (χ4n) is 4.16. The molecule has 1 aliphatic rings. The average Bonchev–Trinajstić information content (AvgIpc) is 2.81. The molecule has 2 unspecified atom stereocenters. The Hall–Kier alpha value is -1.77. The zero-order chi connectivity index (χ0) is 18.0. The van der Waals surface area contributed by atoms with Gasteiger partial charge in [0, 0.05) is 24.8 Å². The van der Waals surface area contributed by atoms with E-state index in [0.717, 1.165) is 6.54 Å². The maximum atomic E-state index is 2.39. The largest absolute Gasteiger partial charge is 1.00 e. The zero-order valence-electron chi connectivity index (χ0n) is 16.6. The number of nitrogens with zero attached hydrogens (tertiary/aromatic N) is 1. The molecule has 0 saturated heterocycles. The highest BCUT2D eigenvalue weighted by atomic mass is 35.5. The Kier molecular flexibility index (Phi) is 6.54. The quantitative estimate of drug-likeness (QED) is 0.827. The Labute approximate surface area is 164 Å². The number of anilines is 1. The van der Waals surface area contributed by atoms with Crippen molar-refractivity contribution in [2.24, 2.45) is 0 Å². The lowest BCUT2D eigenvalue weighted by Crippen LogP contribution is -3.07. The molecule has 0 fully saturated rings. The summed E-state index contributed by atoms with van der Waals surface area (Å²) in [6, 6.07) is 18.2. The molecule has 2 atom stereocenters. The van der Waals surface area contributed by atoms with Crippen LogP contribution in [0.4, 0.5) is 11.4 Å². The summed E-state index contributed by atoms with van der Waals surface area (Å²) in [5, 5.41) is 0. The van der Waals surface area contributed by atoms with Crippen LogP contribution < -0.4 is 22.2 Å². The molecule has 0 aromatic heterocycles. The van der Waals surface area contributed by atoms with Crippen LogP contribution in [0.15, 0.2) is 54.6 Å². The van der Waals surface area contributed by atoms with E-state index in [0.29, 0.717) is 6.04 Å². The highest BCUT2D eigenvalue weighted by molar-refractivity contribution is 5.57. The van der Waals surface area contributed by atoms with E-state index in [1.807, 2.05) is 0 Å². The molecule has 26 heavy (non-hydrogen) atoms. The predicted octanol–water partition coefficient (Wildman–Crippen LogP) is 1.06. The lowest BCUT2D eigenvalue weighted by Gasteiger charge is -2.25. The van der Waals surface area contributed by atoms with E-state index < -0.39 is 0 Å². The van der Waals surface area contributed by atoms with E-state index >= 15 is 0 Å². The fraction of sp³-hybridized carbons (Fsp3) is 0.391. The van der Waals surface area contributed by atoms with Crippen molar-refractivity contribution in [1.82, 2.24) is 0 Å². The summed E-state index contributed by atoms with van der Waals surface area (Å²) in [6.07, 6.45) is 5.84. The number of hydrogen-bond acceptors (Lipinski definition) is 1. The van der Waals surface area contributed by atoms with Gasteiger partial charge in [0.2, 0.25) is 0 Å². The van der Waals surface area contributed by atoms with Gasteiger partial charge in [-0.25, -0.2) is 0 Å². The summed E-state index contributed by atoms with van der Waals surface area (Å²) in [5.41, 5.74) is 5.61. The van der Waals surface area contributed by atoms with Gasteiger partial charge in [0.25, 0.3) is 0 Å². The van der Waals surface area contributed by atoms with Crippen molar-refractivity contribution in [3.8, 4) is 0 Å². The van der Waals surface area contributed by atoms with Crippen LogP contribution in [0.1, 0.15) is 38.3 Å². The van der Waals surface area contributed by atoms with E-state index in [2.05, 4.69) is 100 Å². The number of benzene rings is 2. The summed E-state index contributed by atoms with van der Waals surface area (Å²) in [7, 11) is 4.44. The molecule has 0 spiro atoms. The number of para-hydroxylation sites is 1. The van der Waals surface area contributed by atoms with Crippen molar-refractivity contribution in [1.29, 1.82) is 0 Å². The van der Waals surface area contributed by atoms with Crippen molar-refractivity contribution >= 4 is 17.5 Å². The molecule has 0 bridgehead atoms. The molecule has 0 aliphatic carbocycles. The van der Waals surface area contributed by atoms with Crippen LogP contribution in [0.2, 0.25) is 0 Å². The molecule has 2 aromatic rings. The molecule has 0 radical (unpaired) electrons. The van der Waals surface area contributed by atoms with E-state index in [1.54, 1.807) is 0 Å². The van der Waals surface area contributed by atoms with E-state index in [-0.39, 0.29) is 17.8 Å². The maximum absolute atomic E-state index is 2.39. The van der Waals surface area contributed by atoms with Crippen molar-refractivity contribution in [2.75, 3.05) is 25.5 Å². The minimum Gasteiger partial charge on any atom is -1.00 e. The summed E-state index contributed by atoms with van der Waals surface area (Å²) in [6.45, 7) is 8.03. The van der Waals surface area contributed by atoms with Crippen LogP contribution in [0.25, 0.3) is 6.08 Å². The number of hydrogen-bond donors (Lipinski definition) is 1. The van der Waals surface area contributed by atoms with Crippen LogP contribution in [0.3, 0.4) is 0 Å². The first-order valence-corrected chi connectivity index (χ1v) is 9.38. The fourth-order valence-corrected chi connectivity index (χ4v) is 4.16. The first-order valence-electron chi connectivity index (χ1n) is 9.38. The third kappa shape index (κ3) is 3.82. The molecule has 1 aliphatic heterocycles. The van der Waals surface area contributed by atoms with Gasteiger partial charge >= 0.3 is 0 Å². The lowest BCUT2D eigenvalue weighted by molar-refractivity contribution is -0.828. The minimum atomic E-state index is 0. The van der Waals surface area contributed by atoms with Gasteiger partial charge in [-0.15, -0.1) is 0 Å². The second-order valence-electron chi connectivity index (χ2n) is 7.80. The molecule has 3 heteroatoms. The Bertz CT molecular complexity index is 749. The van der Waals surface area contributed by atoms with Crippen LogP contribution in [0, 0.1) is 0 Å². The van der Waals surface area contributed by atoms with Gasteiger partial charge in [-0.1, -0.05) is 43.3 Å². The van der Waals surface area contributed by atoms with E-state index in [9.17, 15) is 0 Å². The number of likely N-dealkylation sites (N-methyl/N-ethyl adjacent to an activating group) is 1. The normalized spacial score (nSPS) is 20.7. The third-order valence-corrected chi connectivity index (χ3v) is 5.66. The third-order valence-electron chi connectivity index (χ3n) is 5.66. The Balaban J connectivity index is 0.00000243. The van der Waals surface area contributed by atoms with Crippen molar-refractivity contribution in [3.63, 3.8) is 0 Å². The summed E-state index contributed by atoms with van der Waals surface area (Å²) < 4.78 is 0. The van der Waals surface area contributed by atoms with Gasteiger partial charge in [0.15, 0.2) is 0 Å². The molecule has 0 amide bonds. The number of nitrogens with one attached hydrogen (secondary N) is 1. The second kappa shape index (κ2) is 8.28. The zero-order valence-corrected chi connectivity index (χ0v) is 17.3. The molecule has 0 saturated carbocycles. The lowest BCUT2D eigenvalue weighted by atomic mass is 9.80. The van der Waals surface area contributed by atoms with Gasteiger partial charge in [0.05, 0.1) is 12.5 Å². The second-order valence-corrected chi connectivity index (χ2v) is 7.80. The van der Waals surface area contributed by atoms with Gasteiger partial charge in [0.1, 0.15) is 11.7 Å². The summed E-state index contributed by atoms with van der Waals surface area (Å²) in [4.78, 5) is 3.79. The Morgan fingerprint density at radius 2 is 1.73 bits per heavy atom. The Morgan fingerprint density at radius 3 is 2.35 bits per heavy atom. The van der Waals surface area contributed by atoms with Gasteiger partial charge < -0.3 is 17.3 Å². The SMILES string of the molecule is CCCN(C)c1ccc(/C=C/C2[NH+](C)c3ccccc3C2(C)C)cc1.[Cl-]. The van der Waals surface area contributed by atoms with Gasteiger partial charge in [-0.05, 0) is 50.1 Å². The number of quaternary nitrogens is 1. The molecule has 1 heterocycles. The van der Waals surface area contributed by atoms with E-state index in [4.69, 9.17) is 0 Å². The van der Waals surface area contributed by atoms with Gasteiger partial charge in [-0.2, -0.15) is 0 Å². The van der Waals surface area contributed by atoms with Crippen LogP contribution in [-0.2, 0) is 5.41 Å². The van der Waals surface area contributed by atoms with Crippen molar-refractivity contribution < 1.29 is 17.3 Å². The average molecular weight is 371 g/mol. The maximum Gasteiger partial charge on any atom is 0.135 e. The van der Waals surface area contributed by atoms with Crippen molar-refractivity contribution in [3.05, 3.63) is 65.7 Å². The van der Waals surface area contributed by atoms with E-state index in [1.165, 1.54) is 33.8 Å². The number of rotatable bonds is 5. The predicted molar refractivity (Wildman–Crippen MR) is 109 cm³/mol. The molecular formula is C23H31ClN2. The van der Waals surface area contributed by atoms with Crippen molar-refractivity contribution in [2.45, 2.75) is 38.6 Å². The molecule has 1 N–H and O–H groups in total. The highest BCUT2D eigenvalue weighted by Gasteiger charge is 2.45. The molecule has 2 nitrogen and oxygen atoms in total. The summed E-state index contributed by atoms with van der Waals surface area (Å²) in [5.74, 6) is 0. The first kappa shape index (κ1) is 20.5. The molecular weight excluding hydrogens is 340 g/mol. The van der Waals surface area contributed by atoms with Crippen LogP contribution in [0.5, 0.6) is 0 Å². The topological polar surface area (TPSA) is 7.68 Å². The summed E-state index contributed by atoms with van der Waals surface area (Å²) >= 11 is 0. The van der Waals surface area contributed by atoms with Gasteiger partial charge in [-0.3, -0.25) is 4.90 Å². The highest BCUT2D eigenvalue weighted by Crippen LogP contribution is 2.36.